The molecule has 1 saturated heterocycles. The van der Waals surface area contributed by atoms with E-state index in [0.717, 1.165) is 18.4 Å². The summed E-state index contributed by atoms with van der Waals surface area (Å²) in [5, 5.41) is 2.78. The lowest BCUT2D eigenvalue weighted by molar-refractivity contribution is -0.126. The Balaban J connectivity index is 1.49. The van der Waals surface area contributed by atoms with E-state index in [4.69, 9.17) is 9.97 Å². The van der Waals surface area contributed by atoms with E-state index < -0.39 is 0 Å². The number of amides is 2. The van der Waals surface area contributed by atoms with Crippen molar-refractivity contribution in [3.63, 3.8) is 0 Å². The van der Waals surface area contributed by atoms with Crippen molar-refractivity contribution in [3.8, 4) is 23.1 Å². The molecular weight excluding hydrogens is 506 g/mol. The largest absolute Gasteiger partial charge is 0.322 e. The third-order valence-corrected chi connectivity index (χ3v) is 6.97. The van der Waals surface area contributed by atoms with E-state index in [1.54, 1.807) is 67.7 Å². The Labute approximate surface area is 229 Å². The Hall–Kier alpha value is -5.30. The van der Waals surface area contributed by atoms with Gasteiger partial charge in [-0.3, -0.25) is 23.2 Å². The molecule has 1 N–H and O–H groups in total. The lowest BCUT2D eigenvalue weighted by atomic mass is 10.1. The summed E-state index contributed by atoms with van der Waals surface area (Å²) in [5.74, 6) is 5.96. The van der Waals surface area contributed by atoms with Gasteiger partial charge >= 0.3 is 0 Å². The number of hydrogen-bond acceptors (Lipinski definition) is 6. The normalized spacial score (nSPS) is 14.8. The molecule has 6 rings (SSSR count). The highest BCUT2D eigenvalue weighted by Crippen LogP contribution is 2.36. The Morgan fingerprint density at radius 3 is 2.60 bits per heavy atom. The first-order valence-electron chi connectivity index (χ1n) is 12.9. The zero-order valence-corrected chi connectivity index (χ0v) is 22.0. The van der Waals surface area contributed by atoms with Crippen molar-refractivity contribution >= 4 is 28.8 Å². The zero-order chi connectivity index (χ0) is 27.8. The van der Waals surface area contributed by atoms with Gasteiger partial charge < -0.3 is 10.2 Å². The molecule has 198 valence electrons. The fourth-order valence-corrected chi connectivity index (χ4v) is 5.16. The topological polar surface area (TPSA) is 114 Å². The van der Waals surface area contributed by atoms with E-state index in [1.807, 2.05) is 16.5 Å². The summed E-state index contributed by atoms with van der Waals surface area (Å²) in [7, 11) is 0. The van der Waals surface area contributed by atoms with Gasteiger partial charge in [0.25, 0.3) is 17.4 Å². The number of aromatic nitrogens is 5. The molecule has 5 aromatic rings. The van der Waals surface area contributed by atoms with Crippen LogP contribution < -0.4 is 10.9 Å². The molecule has 10 nitrogen and oxygen atoms in total. The molecule has 1 unspecified atom stereocenters. The minimum absolute atomic E-state index is 0.198. The molecule has 2 amide bonds. The average molecular weight is 532 g/mol. The number of imidazole rings is 1. The van der Waals surface area contributed by atoms with Crippen molar-refractivity contribution in [1.29, 1.82) is 0 Å². The van der Waals surface area contributed by atoms with Crippen molar-refractivity contribution in [2.45, 2.75) is 32.7 Å². The number of hydrogen-bond donors (Lipinski definition) is 1. The molecule has 0 saturated carbocycles. The van der Waals surface area contributed by atoms with Crippen molar-refractivity contribution in [2.24, 2.45) is 0 Å². The molecule has 1 aromatic carbocycles. The van der Waals surface area contributed by atoms with Crippen LogP contribution in [-0.4, -0.2) is 47.0 Å². The first-order valence-corrected chi connectivity index (χ1v) is 12.9. The predicted molar refractivity (Wildman–Crippen MR) is 150 cm³/mol. The van der Waals surface area contributed by atoms with E-state index in [1.165, 1.54) is 10.5 Å². The van der Waals surface area contributed by atoms with Gasteiger partial charge in [-0.25, -0.2) is 15.0 Å². The van der Waals surface area contributed by atoms with Crippen LogP contribution in [0.15, 0.2) is 71.9 Å². The number of pyridine rings is 1. The molecule has 4 aromatic heterocycles. The van der Waals surface area contributed by atoms with E-state index in [9.17, 15) is 14.4 Å². The highest BCUT2D eigenvalue weighted by molar-refractivity contribution is 6.04. The Morgan fingerprint density at radius 2 is 1.85 bits per heavy atom. The summed E-state index contributed by atoms with van der Waals surface area (Å²) < 4.78 is 3.40. The number of rotatable bonds is 4. The van der Waals surface area contributed by atoms with Gasteiger partial charge in [0.2, 0.25) is 0 Å². The maximum Gasteiger partial charge on any atom is 0.299 e. The average Bonchev–Trinajstić information content (AvgIpc) is 3.59. The third kappa shape index (κ3) is 4.37. The molecule has 5 heterocycles. The number of nitrogens with one attached hydrogen (secondary N) is 1. The molecule has 0 bridgehead atoms. The molecule has 10 heteroatoms. The van der Waals surface area contributed by atoms with E-state index >= 15 is 0 Å². The molecule has 1 aliphatic heterocycles. The summed E-state index contributed by atoms with van der Waals surface area (Å²) >= 11 is 0. The fraction of sp³-hybridized carbons (Fsp3) is 0.200. The summed E-state index contributed by atoms with van der Waals surface area (Å²) in [5.41, 5.74) is 3.29. The number of benzene rings is 1. The SMILES string of the molecule is CC#CC(=O)N1CCCC1c1nc(-c2ccc(C(=O)Nc3ccccn3)cc2)c2c3nc(C)cc(=O)n3ccn12. The van der Waals surface area contributed by atoms with Gasteiger partial charge in [-0.1, -0.05) is 24.1 Å². The molecule has 1 aliphatic rings. The maximum absolute atomic E-state index is 12.8. The number of nitrogens with zero attached hydrogens (tertiary/aromatic N) is 6. The highest BCUT2D eigenvalue weighted by atomic mass is 16.2. The second-order valence-electron chi connectivity index (χ2n) is 9.54. The van der Waals surface area contributed by atoms with E-state index in [-0.39, 0.29) is 23.4 Å². The van der Waals surface area contributed by atoms with Crippen LogP contribution >= 0.6 is 0 Å². The Kier molecular flexibility index (Phi) is 6.32. The smallest absolute Gasteiger partial charge is 0.299 e. The van der Waals surface area contributed by atoms with Crippen molar-refractivity contribution < 1.29 is 9.59 Å². The number of fused-ring (bicyclic) bond motifs is 3. The van der Waals surface area contributed by atoms with Crippen LogP contribution in [0, 0.1) is 18.8 Å². The Morgan fingerprint density at radius 1 is 1.05 bits per heavy atom. The second kappa shape index (κ2) is 10.1. The molecule has 40 heavy (non-hydrogen) atoms. The van der Waals surface area contributed by atoms with Crippen LogP contribution in [-0.2, 0) is 4.79 Å². The number of carbonyl (C=O) groups excluding carboxylic acids is 2. The number of anilines is 1. The van der Waals surface area contributed by atoms with Crippen molar-refractivity contribution in [3.05, 3.63) is 94.6 Å². The van der Waals surface area contributed by atoms with Gasteiger partial charge in [0.1, 0.15) is 22.9 Å². The van der Waals surface area contributed by atoms with Gasteiger partial charge in [0, 0.05) is 48.0 Å². The van der Waals surface area contributed by atoms with Crippen LogP contribution in [0.3, 0.4) is 0 Å². The predicted octanol–water partition coefficient (Wildman–Crippen LogP) is 3.65. The third-order valence-electron chi connectivity index (χ3n) is 6.97. The first kappa shape index (κ1) is 25.0. The van der Waals surface area contributed by atoms with Crippen LogP contribution in [0.25, 0.3) is 22.4 Å². The Bertz CT molecular complexity index is 1900. The second-order valence-corrected chi connectivity index (χ2v) is 9.54. The lowest BCUT2D eigenvalue weighted by Gasteiger charge is -2.21. The number of aryl methyl sites for hydroxylation is 1. The van der Waals surface area contributed by atoms with Gasteiger partial charge in [0.05, 0.1) is 6.04 Å². The number of carbonyl (C=O) groups is 2. The minimum Gasteiger partial charge on any atom is -0.322 e. The van der Waals surface area contributed by atoms with E-state index in [2.05, 4.69) is 22.1 Å². The quantitative estimate of drug-likeness (QED) is 0.354. The molecular formula is C30H25N7O3. The van der Waals surface area contributed by atoms with Gasteiger partial charge in [-0.15, -0.1) is 0 Å². The monoisotopic (exact) mass is 531 g/mol. The first-order chi connectivity index (χ1) is 19.4. The van der Waals surface area contributed by atoms with Crippen LogP contribution in [0.1, 0.15) is 47.7 Å². The van der Waals surface area contributed by atoms with Crippen molar-refractivity contribution in [1.82, 2.24) is 28.7 Å². The lowest BCUT2D eigenvalue weighted by Crippen LogP contribution is -2.30. The fourth-order valence-electron chi connectivity index (χ4n) is 5.16. The zero-order valence-electron chi connectivity index (χ0n) is 22.0. The summed E-state index contributed by atoms with van der Waals surface area (Å²) in [6.45, 7) is 4.01. The summed E-state index contributed by atoms with van der Waals surface area (Å²) in [6, 6.07) is 13.6. The van der Waals surface area contributed by atoms with Gasteiger partial charge in [-0.05, 0) is 56.9 Å². The van der Waals surface area contributed by atoms with Crippen LogP contribution in [0.5, 0.6) is 0 Å². The standard InChI is InChI=1S/C30H25N7O3/c1-3-7-24(38)35-15-6-8-22(35)28-34-26(27-29-32-19(2)18-25(39)36(29)16-17-37(27)28)20-10-12-21(13-11-20)30(40)33-23-9-4-5-14-31-23/h4-5,9-14,16-18,22H,6,8,15H2,1-2H3,(H,31,33,40). The molecule has 0 radical (unpaired) electrons. The van der Waals surface area contributed by atoms with Gasteiger partial charge in [0.15, 0.2) is 5.65 Å². The van der Waals surface area contributed by atoms with Crippen LogP contribution in [0.4, 0.5) is 5.82 Å². The van der Waals surface area contributed by atoms with Crippen LogP contribution in [0.2, 0.25) is 0 Å². The molecule has 0 spiro atoms. The number of likely N-dealkylation sites (tertiary alicyclic amines) is 1. The minimum atomic E-state index is -0.285. The van der Waals surface area contributed by atoms with E-state index in [0.29, 0.717) is 46.3 Å². The van der Waals surface area contributed by atoms with Gasteiger partial charge in [-0.2, -0.15) is 0 Å². The highest BCUT2D eigenvalue weighted by Gasteiger charge is 2.33. The summed E-state index contributed by atoms with van der Waals surface area (Å²) in [6.07, 6.45) is 6.63. The maximum atomic E-state index is 12.8. The van der Waals surface area contributed by atoms with Crippen molar-refractivity contribution in [2.75, 3.05) is 11.9 Å². The molecule has 0 aliphatic carbocycles. The molecule has 1 fully saturated rings. The summed E-state index contributed by atoms with van der Waals surface area (Å²) in [4.78, 5) is 54.0. The molecule has 1 atom stereocenters.